The zero-order valence-electron chi connectivity index (χ0n) is 12.6. The average Bonchev–Trinajstić information content (AvgIpc) is 2.80. The van der Waals surface area contributed by atoms with Gasteiger partial charge in [0.1, 0.15) is 24.0 Å². The molecule has 0 bridgehead atoms. The molecule has 2 aromatic heterocycles. The number of aryl methyl sites for hydroxylation is 2. The number of fused-ring (bicyclic) bond motifs is 1. The van der Waals surface area contributed by atoms with Crippen LogP contribution in [0.25, 0.3) is 11.1 Å². The molecule has 0 spiro atoms. The number of hydrogen-bond donors (Lipinski definition) is 1. The molecule has 0 aliphatic heterocycles. The van der Waals surface area contributed by atoms with E-state index in [-0.39, 0.29) is 23.7 Å². The molecule has 0 aliphatic carbocycles. The average molecular weight is 332 g/mol. The molecule has 3 rings (SSSR count). The van der Waals surface area contributed by atoms with Crippen molar-refractivity contribution in [2.24, 2.45) is 0 Å². The Balaban J connectivity index is 1.88. The lowest BCUT2D eigenvalue weighted by molar-refractivity contribution is -0.116. The van der Waals surface area contributed by atoms with Crippen LogP contribution < -0.4 is 10.9 Å². The Morgan fingerprint density at radius 3 is 2.83 bits per heavy atom. The van der Waals surface area contributed by atoms with Gasteiger partial charge in [-0.3, -0.25) is 14.2 Å². The monoisotopic (exact) mass is 331 g/mol. The zero-order valence-corrected chi connectivity index (χ0v) is 13.3. The largest absolute Gasteiger partial charge is 0.443 e. The van der Waals surface area contributed by atoms with Crippen LogP contribution >= 0.6 is 11.6 Å². The lowest BCUT2D eigenvalue weighted by Gasteiger charge is -2.08. The van der Waals surface area contributed by atoms with E-state index in [1.807, 2.05) is 0 Å². The van der Waals surface area contributed by atoms with E-state index in [0.717, 1.165) is 5.56 Å². The molecule has 1 amide bonds. The number of carbonyl (C=O) groups excluding carboxylic acids is 1. The number of carbonyl (C=O) groups is 1. The van der Waals surface area contributed by atoms with E-state index < -0.39 is 0 Å². The summed E-state index contributed by atoms with van der Waals surface area (Å²) < 4.78 is 6.65. The molecule has 0 saturated carbocycles. The second kappa shape index (κ2) is 5.89. The Kier molecular flexibility index (Phi) is 3.92. The number of amides is 1. The SMILES string of the molecule is Cc1oc2ncn(CC(=O)Nc3ccccc3Cl)c(=O)c2c1C. The number of para-hydroxylation sites is 1. The molecule has 118 valence electrons. The Hall–Kier alpha value is -2.60. The molecule has 6 nitrogen and oxygen atoms in total. The van der Waals surface area contributed by atoms with Crippen LogP contribution in [0.3, 0.4) is 0 Å². The summed E-state index contributed by atoms with van der Waals surface area (Å²) in [5, 5.41) is 3.50. The highest BCUT2D eigenvalue weighted by Crippen LogP contribution is 2.21. The van der Waals surface area contributed by atoms with Gasteiger partial charge in [-0.2, -0.15) is 0 Å². The van der Waals surface area contributed by atoms with Crippen molar-refractivity contribution in [3.63, 3.8) is 0 Å². The van der Waals surface area contributed by atoms with Gasteiger partial charge in [0, 0.05) is 5.56 Å². The third kappa shape index (κ3) is 2.85. The van der Waals surface area contributed by atoms with Crippen molar-refractivity contribution in [3.8, 4) is 0 Å². The van der Waals surface area contributed by atoms with Crippen LogP contribution in [0.2, 0.25) is 5.02 Å². The van der Waals surface area contributed by atoms with Gasteiger partial charge in [0.2, 0.25) is 11.6 Å². The highest BCUT2D eigenvalue weighted by molar-refractivity contribution is 6.33. The van der Waals surface area contributed by atoms with Gasteiger partial charge in [-0.15, -0.1) is 0 Å². The molecule has 1 N–H and O–H groups in total. The Labute approximate surface area is 136 Å². The molecule has 0 radical (unpaired) electrons. The molecular formula is C16H14ClN3O3. The second-order valence-electron chi connectivity index (χ2n) is 5.17. The molecule has 0 aliphatic rings. The summed E-state index contributed by atoms with van der Waals surface area (Å²) >= 11 is 6.00. The fourth-order valence-electron chi connectivity index (χ4n) is 2.29. The summed E-state index contributed by atoms with van der Waals surface area (Å²) in [4.78, 5) is 28.7. The maximum atomic E-state index is 12.5. The third-order valence-electron chi connectivity index (χ3n) is 3.62. The summed E-state index contributed by atoms with van der Waals surface area (Å²) in [7, 11) is 0. The van der Waals surface area contributed by atoms with Gasteiger partial charge in [-0.1, -0.05) is 23.7 Å². The first kappa shape index (κ1) is 15.3. The van der Waals surface area contributed by atoms with Gasteiger partial charge in [-0.25, -0.2) is 4.98 Å². The van der Waals surface area contributed by atoms with E-state index in [9.17, 15) is 9.59 Å². The number of nitrogens with one attached hydrogen (secondary N) is 1. The number of furan rings is 1. The van der Waals surface area contributed by atoms with Crippen molar-refractivity contribution in [2.75, 3.05) is 5.32 Å². The Morgan fingerprint density at radius 1 is 1.35 bits per heavy atom. The van der Waals surface area contributed by atoms with Crippen LogP contribution in [-0.2, 0) is 11.3 Å². The van der Waals surface area contributed by atoms with Crippen LogP contribution in [0.1, 0.15) is 11.3 Å². The van der Waals surface area contributed by atoms with Crippen molar-refractivity contribution >= 4 is 34.3 Å². The molecule has 0 unspecified atom stereocenters. The van der Waals surface area contributed by atoms with E-state index in [4.69, 9.17) is 16.0 Å². The zero-order chi connectivity index (χ0) is 16.6. The van der Waals surface area contributed by atoms with Crippen LogP contribution in [-0.4, -0.2) is 15.5 Å². The van der Waals surface area contributed by atoms with E-state index in [2.05, 4.69) is 10.3 Å². The number of aromatic nitrogens is 2. The third-order valence-corrected chi connectivity index (χ3v) is 3.95. The quantitative estimate of drug-likeness (QED) is 0.800. The lowest BCUT2D eigenvalue weighted by Crippen LogP contribution is -2.28. The van der Waals surface area contributed by atoms with Gasteiger partial charge < -0.3 is 9.73 Å². The van der Waals surface area contributed by atoms with E-state index in [1.54, 1.807) is 38.1 Å². The molecule has 0 saturated heterocycles. The minimum Gasteiger partial charge on any atom is -0.443 e. The maximum absolute atomic E-state index is 12.5. The first-order chi connectivity index (χ1) is 11.0. The molecule has 0 fully saturated rings. The fraction of sp³-hybridized carbons (Fsp3) is 0.188. The predicted octanol–water partition coefficient (Wildman–Crippen LogP) is 2.90. The number of rotatable bonds is 3. The summed E-state index contributed by atoms with van der Waals surface area (Å²) in [6, 6.07) is 6.89. The predicted molar refractivity (Wildman–Crippen MR) is 87.8 cm³/mol. The second-order valence-corrected chi connectivity index (χ2v) is 5.58. The molecule has 23 heavy (non-hydrogen) atoms. The Morgan fingerprint density at radius 2 is 2.09 bits per heavy atom. The van der Waals surface area contributed by atoms with Crippen molar-refractivity contribution in [1.82, 2.24) is 9.55 Å². The molecule has 1 aromatic carbocycles. The smallest absolute Gasteiger partial charge is 0.265 e. The van der Waals surface area contributed by atoms with Gasteiger partial charge in [0.15, 0.2) is 0 Å². The van der Waals surface area contributed by atoms with Crippen molar-refractivity contribution < 1.29 is 9.21 Å². The van der Waals surface area contributed by atoms with Crippen molar-refractivity contribution in [2.45, 2.75) is 20.4 Å². The number of anilines is 1. The Bertz CT molecular complexity index is 959. The lowest BCUT2D eigenvalue weighted by atomic mass is 10.2. The molecule has 3 aromatic rings. The van der Waals surface area contributed by atoms with Gasteiger partial charge in [0.05, 0.1) is 10.7 Å². The number of nitrogens with zero attached hydrogens (tertiary/aromatic N) is 2. The van der Waals surface area contributed by atoms with Crippen molar-refractivity contribution in [1.29, 1.82) is 0 Å². The first-order valence-electron chi connectivity index (χ1n) is 6.97. The van der Waals surface area contributed by atoms with Gasteiger partial charge >= 0.3 is 0 Å². The number of hydrogen-bond acceptors (Lipinski definition) is 4. The summed E-state index contributed by atoms with van der Waals surface area (Å²) in [5.74, 6) is 0.280. The normalized spacial score (nSPS) is 10.9. The molecular weight excluding hydrogens is 318 g/mol. The van der Waals surface area contributed by atoms with Crippen LogP contribution in [0.15, 0.2) is 39.8 Å². The van der Waals surface area contributed by atoms with Crippen LogP contribution in [0, 0.1) is 13.8 Å². The molecule has 0 atom stereocenters. The van der Waals surface area contributed by atoms with E-state index >= 15 is 0 Å². The summed E-state index contributed by atoms with van der Waals surface area (Å²) in [6.45, 7) is 3.40. The minimum absolute atomic E-state index is 0.156. The highest BCUT2D eigenvalue weighted by Gasteiger charge is 2.15. The van der Waals surface area contributed by atoms with Crippen molar-refractivity contribution in [3.05, 3.63) is 57.3 Å². The number of halogens is 1. The first-order valence-corrected chi connectivity index (χ1v) is 7.34. The molecule has 7 heteroatoms. The van der Waals surface area contributed by atoms with E-state index in [1.165, 1.54) is 10.9 Å². The summed E-state index contributed by atoms with van der Waals surface area (Å²) in [5.41, 5.74) is 1.21. The maximum Gasteiger partial charge on any atom is 0.265 e. The molecule has 2 heterocycles. The standard InChI is InChI=1S/C16H14ClN3O3/c1-9-10(2)23-15-14(9)16(22)20(8-18-15)7-13(21)19-12-6-4-3-5-11(12)17/h3-6,8H,7H2,1-2H3,(H,19,21). The van der Waals surface area contributed by atoms with Crippen LogP contribution in [0.4, 0.5) is 5.69 Å². The minimum atomic E-state index is -0.362. The van der Waals surface area contributed by atoms with Gasteiger partial charge in [0.25, 0.3) is 5.56 Å². The summed E-state index contributed by atoms with van der Waals surface area (Å²) in [6.07, 6.45) is 1.30. The fourth-order valence-corrected chi connectivity index (χ4v) is 2.47. The number of benzene rings is 1. The van der Waals surface area contributed by atoms with E-state index in [0.29, 0.717) is 21.9 Å². The highest BCUT2D eigenvalue weighted by atomic mass is 35.5. The topological polar surface area (TPSA) is 77.1 Å². The van der Waals surface area contributed by atoms with Gasteiger partial charge in [-0.05, 0) is 26.0 Å². The van der Waals surface area contributed by atoms with Crippen LogP contribution in [0.5, 0.6) is 0 Å².